The highest BCUT2D eigenvalue weighted by atomic mass is 16.3. The van der Waals surface area contributed by atoms with Crippen molar-refractivity contribution in [3.8, 4) is 17.6 Å². The molecule has 5 rings (SSSR count). The fourth-order valence-electron chi connectivity index (χ4n) is 8.69. The van der Waals surface area contributed by atoms with Gasteiger partial charge in [0.1, 0.15) is 22.8 Å². The van der Waals surface area contributed by atoms with E-state index in [1.54, 1.807) is 6.92 Å². The van der Waals surface area contributed by atoms with Gasteiger partial charge in [-0.05, 0) is 61.6 Å². The summed E-state index contributed by atoms with van der Waals surface area (Å²) in [5.41, 5.74) is -3.86. The normalized spacial score (nSPS) is 31.2. The Morgan fingerprint density at radius 2 is 1.67 bits per heavy atom. The second-order valence-corrected chi connectivity index (χ2v) is 14.1. The molecule has 0 aliphatic heterocycles. The molecular weight excluding hydrogens is 532 g/mol. The van der Waals surface area contributed by atoms with Gasteiger partial charge in [0.2, 0.25) is 5.78 Å². The van der Waals surface area contributed by atoms with Gasteiger partial charge in [0.15, 0.2) is 17.2 Å². The predicted octanol–water partition coefficient (Wildman–Crippen LogP) is 6.01. The van der Waals surface area contributed by atoms with E-state index in [4.69, 9.17) is 0 Å². The van der Waals surface area contributed by atoms with Crippen LogP contribution in [0.15, 0.2) is 28.7 Å². The number of benzene rings is 1. The average Bonchev–Trinajstić information content (AvgIpc) is 3.39. The summed E-state index contributed by atoms with van der Waals surface area (Å²) >= 11 is 0. The van der Waals surface area contributed by atoms with E-state index in [9.17, 15) is 34.8 Å². The number of phenols is 1. The lowest BCUT2D eigenvalue weighted by molar-refractivity contribution is -0.171. The van der Waals surface area contributed by atoms with Gasteiger partial charge in [-0.3, -0.25) is 14.4 Å². The zero-order valence-electron chi connectivity index (χ0n) is 25.6. The third kappa shape index (κ3) is 3.94. The SMILES string of the molecule is CC(=O)C1=C(O)C(C(C)C)[C@@]2(C)C[C@@]3(C)Cc4c(C(C)C)cc(C#CC5CCCC5)c(O)c4C(=O)C3=C(O)[C@@]2(O)C1=O. The van der Waals surface area contributed by atoms with Gasteiger partial charge in [-0.1, -0.05) is 66.2 Å². The van der Waals surface area contributed by atoms with E-state index in [1.165, 1.54) is 0 Å². The van der Waals surface area contributed by atoms with Gasteiger partial charge in [0.25, 0.3) is 0 Å². The predicted molar refractivity (Wildman–Crippen MR) is 158 cm³/mol. The number of carbonyl (C=O) groups is 3. The van der Waals surface area contributed by atoms with Crippen LogP contribution in [0.4, 0.5) is 0 Å². The molecular formula is C35H42O7. The first-order valence-electron chi connectivity index (χ1n) is 15.1. The molecule has 7 nitrogen and oxygen atoms in total. The third-order valence-corrected chi connectivity index (χ3v) is 10.4. The molecule has 0 aromatic heterocycles. The van der Waals surface area contributed by atoms with Crippen LogP contribution in [0.5, 0.6) is 5.75 Å². The van der Waals surface area contributed by atoms with Crippen molar-refractivity contribution in [1.82, 2.24) is 0 Å². The lowest BCUT2D eigenvalue weighted by Gasteiger charge is -2.59. The number of rotatable bonds is 3. The Bertz CT molecular complexity index is 1540. The van der Waals surface area contributed by atoms with Crippen LogP contribution < -0.4 is 0 Å². The topological polar surface area (TPSA) is 132 Å². The monoisotopic (exact) mass is 574 g/mol. The molecule has 1 fully saturated rings. The van der Waals surface area contributed by atoms with Crippen LogP contribution in [0.25, 0.3) is 0 Å². The largest absolute Gasteiger partial charge is 0.511 e. The van der Waals surface area contributed by atoms with Crippen molar-refractivity contribution in [1.29, 1.82) is 0 Å². The number of phenolic OH excluding ortho intramolecular Hbond substituents is 1. The molecule has 7 heteroatoms. The number of aliphatic hydroxyl groups is 3. The van der Waals surface area contributed by atoms with Crippen LogP contribution in [0.3, 0.4) is 0 Å². The highest BCUT2D eigenvalue weighted by Crippen LogP contribution is 2.65. The molecule has 0 bridgehead atoms. The number of allylic oxidation sites excluding steroid dienone is 2. The van der Waals surface area contributed by atoms with E-state index in [0.717, 1.165) is 38.2 Å². The van der Waals surface area contributed by atoms with Crippen molar-refractivity contribution in [2.24, 2.45) is 28.6 Å². The number of hydrogen-bond donors (Lipinski definition) is 4. The quantitative estimate of drug-likeness (QED) is 0.257. The highest BCUT2D eigenvalue weighted by Gasteiger charge is 2.71. The number of fused-ring (bicyclic) bond motifs is 3. The van der Waals surface area contributed by atoms with Gasteiger partial charge >= 0.3 is 0 Å². The zero-order chi connectivity index (χ0) is 31.1. The number of carbonyl (C=O) groups excluding carboxylic acids is 3. The summed E-state index contributed by atoms with van der Waals surface area (Å²) in [4.78, 5) is 40.9. The maximum atomic E-state index is 14.4. The Balaban J connectivity index is 1.78. The molecule has 1 aromatic carbocycles. The first-order valence-corrected chi connectivity index (χ1v) is 15.1. The van der Waals surface area contributed by atoms with E-state index in [2.05, 4.69) is 11.8 Å². The molecule has 4 N–H and O–H groups in total. The molecule has 224 valence electrons. The van der Waals surface area contributed by atoms with Crippen LogP contribution in [-0.4, -0.2) is 43.4 Å². The molecule has 0 saturated heterocycles. The molecule has 1 aromatic rings. The summed E-state index contributed by atoms with van der Waals surface area (Å²) in [6.07, 6.45) is 4.58. The van der Waals surface area contributed by atoms with E-state index in [1.807, 2.05) is 40.7 Å². The Kier molecular flexibility index (Phi) is 7.05. The molecule has 4 atom stereocenters. The second-order valence-electron chi connectivity index (χ2n) is 14.1. The van der Waals surface area contributed by atoms with Crippen molar-refractivity contribution in [2.45, 2.75) is 98.5 Å². The van der Waals surface area contributed by atoms with Crippen LogP contribution in [0.1, 0.15) is 114 Å². The second kappa shape index (κ2) is 9.84. The zero-order valence-corrected chi connectivity index (χ0v) is 25.6. The van der Waals surface area contributed by atoms with Gasteiger partial charge in [0, 0.05) is 28.2 Å². The summed E-state index contributed by atoms with van der Waals surface area (Å²) in [7, 11) is 0. The first-order chi connectivity index (χ1) is 19.5. The van der Waals surface area contributed by atoms with Crippen LogP contribution in [0.2, 0.25) is 0 Å². The minimum Gasteiger partial charge on any atom is -0.511 e. The Labute approximate surface area is 247 Å². The van der Waals surface area contributed by atoms with E-state index >= 15 is 0 Å². The number of ketones is 3. The van der Waals surface area contributed by atoms with Crippen molar-refractivity contribution in [3.05, 3.63) is 51.0 Å². The standard InChI is InChI=1S/C35H42O7/c1-17(2)22-14-21(13-12-20-10-8-9-11-20)28(37)25-23(22)15-33(6)16-34(7)26(18(3)4)29(38)24(19(5)36)31(40)35(34,42)32(41)27(33)30(25)39/h14,17-18,20,26,37-38,41-42H,8-11,15-16H2,1-7H3/t26?,33-,34-,35+/m1/s1. The Morgan fingerprint density at radius 1 is 1.05 bits per heavy atom. The van der Waals surface area contributed by atoms with Gasteiger partial charge in [-0.25, -0.2) is 0 Å². The van der Waals surface area contributed by atoms with Crippen molar-refractivity contribution in [3.63, 3.8) is 0 Å². The molecule has 4 aliphatic carbocycles. The summed E-state index contributed by atoms with van der Waals surface area (Å²) in [5.74, 6) is 1.51. The fourth-order valence-corrected chi connectivity index (χ4v) is 8.69. The van der Waals surface area contributed by atoms with E-state index in [0.29, 0.717) is 11.1 Å². The first kappa shape index (κ1) is 30.1. The van der Waals surface area contributed by atoms with E-state index < -0.39 is 51.0 Å². The van der Waals surface area contributed by atoms with Crippen molar-refractivity contribution in [2.75, 3.05) is 0 Å². The minimum atomic E-state index is -2.62. The third-order valence-electron chi connectivity index (χ3n) is 10.4. The molecule has 0 heterocycles. The van der Waals surface area contributed by atoms with Crippen molar-refractivity contribution >= 4 is 17.3 Å². The highest BCUT2D eigenvalue weighted by molar-refractivity contribution is 6.25. The van der Waals surface area contributed by atoms with Gasteiger partial charge in [-0.2, -0.15) is 0 Å². The molecule has 1 unspecified atom stereocenters. The van der Waals surface area contributed by atoms with Crippen LogP contribution >= 0.6 is 0 Å². The smallest absolute Gasteiger partial charge is 0.209 e. The molecule has 0 amide bonds. The van der Waals surface area contributed by atoms with Crippen molar-refractivity contribution < 1.29 is 34.8 Å². The number of aromatic hydroxyl groups is 1. The fraction of sp³-hybridized carbons (Fsp3) is 0.571. The Morgan fingerprint density at radius 3 is 2.21 bits per heavy atom. The minimum absolute atomic E-state index is 0.00258. The van der Waals surface area contributed by atoms with Crippen LogP contribution in [0, 0.1) is 40.4 Å². The summed E-state index contributed by atoms with van der Waals surface area (Å²) < 4.78 is 0. The van der Waals surface area contributed by atoms with Gasteiger partial charge in [-0.15, -0.1) is 0 Å². The molecule has 42 heavy (non-hydrogen) atoms. The lowest BCUT2D eigenvalue weighted by atomic mass is 9.44. The maximum Gasteiger partial charge on any atom is 0.209 e. The molecule has 1 saturated carbocycles. The molecule has 4 aliphatic rings. The molecule has 0 spiro atoms. The number of Topliss-reactive ketones (excluding diaryl/α,β-unsaturated/α-hetero) is 3. The van der Waals surface area contributed by atoms with Gasteiger partial charge < -0.3 is 20.4 Å². The van der Waals surface area contributed by atoms with Crippen LogP contribution in [-0.2, 0) is 16.0 Å². The Hall–Kier alpha value is -3.37. The lowest BCUT2D eigenvalue weighted by Crippen LogP contribution is -2.67. The average molecular weight is 575 g/mol. The summed E-state index contributed by atoms with van der Waals surface area (Å²) in [5, 5.41) is 46.9. The summed E-state index contributed by atoms with van der Waals surface area (Å²) in [6.45, 7) is 12.3. The van der Waals surface area contributed by atoms with E-state index in [-0.39, 0.29) is 53.2 Å². The van der Waals surface area contributed by atoms with Gasteiger partial charge in [0.05, 0.1) is 11.1 Å². The number of aliphatic hydroxyl groups excluding tert-OH is 2. The molecule has 0 radical (unpaired) electrons. The number of hydrogen-bond acceptors (Lipinski definition) is 7. The summed E-state index contributed by atoms with van der Waals surface area (Å²) in [6, 6.07) is 1.86. The maximum absolute atomic E-state index is 14.4.